The van der Waals surface area contributed by atoms with Crippen LogP contribution in [-0.4, -0.2) is 59.0 Å². The Kier molecular flexibility index (Phi) is 11.0. The predicted octanol–water partition coefficient (Wildman–Crippen LogP) is 5.05. The molecule has 0 saturated heterocycles. The van der Waals surface area contributed by atoms with Gasteiger partial charge in [-0.25, -0.2) is 8.42 Å². The lowest BCUT2D eigenvalue weighted by atomic mass is 10.0. The number of likely N-dealkylation sites (N-methyl/N-ethyl adjacent to an activating group) is 1. The summed E-state index contributed by atoms with van der Waals surface area (Å²) in [6.07, 6.45) is 0.227. The van der Waals surface area contributed by atoms with Crippen molar-refractivity contribution in [2.45, 2.75) is 23.9 Å². The fourth-order valence-electron chi connectivity index (χ4n) is 4.74. The third kappa shape index (κ3) is 7.78. The number of sulfonamides is 1. The molecule has 1 N–H and O–H groups in total. The highest BCUT2D eigenvalue weighted by Gasteiger charge is 2.34. The van der Waals surface area contributed by atoms with Crippen molar-refractivity contribution in [1.29, 1.82) is 0 Å². The molecule has 0 unspecified atom stereocenters. The molecular weight excluding hydrogens is 646 g/mol. The summed E-state index contributed by atoms with van der Waals surface area (Å²) < 4.78 is 40.9. The van der Waals surface area contributed by atoms with E-state index in [1.54, 1.807) is 30.3 Å². The lowest BCUT2D eigenvalue weighted by molar-refractivity contribution is -0.139. The highest BCUT2D eigenvalue weighted by Crippen LogP contribution is 2.34. The van der Waals surface area contributed by atoms with Gasteiger partial charge in [-0.3, -0.25) is 13.9 Å². The average Bonchev–Trinajstić information content (AvgIpc) is 3.06. The van der Waals surface area contributed by atoms with Gasteiger partial charge in [0.1, 0.15) is 12.6 Å². The molecule has 0 fully saturated rings. The number of carbonyl (C=O) groups excluding carboxylic acids is 2. The summed E-state index contributed by atoms with van der Waals surface area (Å²) in [5.41, 5.74) is 1.82. The molecule has 0 saturated carbocycles. The second-order valence-corrected chi connectivity index (χ2v) is 12.6. The standard InChI is InChI=1S/C33H34BrN3O6S/c1-35-33(39)29(20-24-10-6-4-7-11-24)36(22-25-14-16-26(34)17-15-25)32(38)23-37(44(40,41)28-12-8-5-9-13-28)27-18-19-30(42-2)31(21-27)43-3/h4-19,21,29H,20,22-23H2,1-3H3,(H,35,39)/t29-/m1/s1. The third-order valence-electron chi connectivity index (χ3n) is 7.05. The van der Waals surface area contributed by atoms with E-state index >= 15 is 0 Å². The number of nitrogens with one attached hydrogen (secondary N) is 1. The van der Waals surface area contributed by atoms with Gasteiger partial charge < -0.3 is 19.7 Å². The average molecular weight is 681 g/mol. The minimum atomic E-state index is -4.23. The van der Waals surface area contributed by atoms with E-state index in [0.717, 1.165) is 19.9 Å². The monoisotopic (exact) mass is 679 g/mol. The first-order valence-electron chi connectivity index (χ1n) is 13.8. The number of methoxy groups -OCH3 is 2. The van der Waals surface area contributed by atoms with E-state index in [0.29, 0.717) is 11.5 Å². The van der Waals surface area contributed by atoms with E-state index in [4.69, 9.17) is 9.47 Å². The van der Waals surface area contributed by atoms with Crippen molar-refractivity contribution in [3.63, 3.8) is 0 Å². The summed E-state index contributed by atoms with van der Waals surface area (Å²) >= 11 is 3.44. The smallest absolute Gasteiger partial charge is 0.264 e. The minimum Gasteiger partial charge on any atom is -0.493 e. The van der Waals surface area contributed by atoms with E-state index in [1.807, 2.05) is 54.6 Å². The Labute approximate surface area is 266 Å². The topological polar surface area (TPSA) is 105 Å². The summed E-state index contributed by atoms with van der Waals surface area (Å²) in [4.78, 5) is 29.2. The molecule has 0 aromatic heterocycles. The number of ether oxygens (including phenoxy) is 2. The summed E-state index contributed by atoms with van der Waals surface area (Å²) in [7, 11) is 0.201. The zero-order valence-corrected chi connectivity index (χ0v) is 27.0. The Balaban J connectivity index is 1.81. The number of rotatable bonds is 13. The van der Waals surface area contributed by atoms with Crippen LogP contribution in [0.2, 0.25) is 0 Å². The molecule has 0 aliphatic heterocycles. The van der Waals surface area contributed by atoms with Crippen LogP contribution in [0.25, 0.3) is 0 Å². The molecule has 0 heterocycles. The number of hydrogen-bond acceptors (Lipinski definition) is 6. The maximum Gasteiger partial charge on any atom is 0.264 e. The zero-order valence-electron chi connectivity index (χ0n) is 24.6. The number of amides is 2. The van der Waals surface area contributed by atoms with Crippen molar-refractivity contribution >= 4 is 43.5 Å². The Morgan fingerprint density at radius 3 is 2.02 bits per heavy atom. The van der Waals surface area contributed by atoms with E-state index in [-0.39, 0.29) is 29.5 Å². The van der Waals surface area contributed by atoms with Crippen LogP contribution in [0.15, 0.2) is 112 Å². The van der Waals surface area contributed by atoms with Crippen LogP contribution in [0.3, 0.4) is 0 Å². The molecule has 0 bridgehead atoms. The first-order chi connectivity index (χ1) is 21.2. The lowest BCUT2D eigenvalue weighted by Crippen LogP contribution is -2.53. The maximum absolute atomic E-state index is 14.4. The van der Waals surface area contributed by atoms with E-state index in [9.17, 15) is 18.0 Å². The van der Waals surface area contributed by atoms with Crippen molar-refractivity contribution in [2.75, 3.05) is 32.1 Å². The fourth-order valence-corrected chi connectivity index (χ4v) is 6.43. The molecule has 0 aliphatic rings. The Hall–Kier alpha value is -4.35. The molecule has 2 amide bonds. The van der Waals surface area contributed by atoms with E-state index in [2.05, 4.69) is 21.2 Å². The normalized spacial score (nSPS) is 11.7. The lowest BCUT2D eigenvalue weighted by Gasteiger charge is -2.33. The van der Waals surface area contributed by atoms with Crippen molar-refractivity contribution in [2.24, 2.45) is 0 Å². The van der Waals surface area contributed by atoms with Crippen LogP contribution in [0.4, 0.5) is 5.69 Å². The van der Waals surface area contributed by atoms with Crippen molar-refractivity contribution < 1.29 is 27.5 Å². The molecule has 1 atom stereocenters. The van der Waals surface area contributed by atoms with Gasteiger partial charge in [-0.1, -0.05) is 76.6 Å². The Morgan fingerprint density at radius 2 is 1.43 bits per heavy atom. The van der Waals surface area contributed by atoms with Crippen molar-refractivity contribution in [1.82, 2.24) is 10.2 Å². The molecule has 0 radical (unpaired) electrons. The molecule has 4 aromatic carbocycles. The fraction of sp³-hybridized carbons (Fsp3) is 0.212. The third-order valence-corrected chi connectivity index (χ3v) is 9.37. The first kappa shape index (κ1) is 32.6. The molecule has 9 nitrogen and oxygen atoms in total. The molecule has 0 spiro atoms. The van der Waals surface area contributed by atoms with Gasteiger partial charge in [0.2, 0.25) is 11.8 Å². The summed E-state index contributed by atoms with van der Waals surface area (Å²) in [6, 6.07) is 28.3. The molecular formula is C33H34BrN3O6S. The number of hydrogen-bond donors (Lipinski definition) is 1. The molecule has 0 aliphatic carbocycles. The van der Waals surface area contributed by atoms with Gasteiger partial charge in [-0.05, 0) is 47.5 Å². The second-order valence-electron chi connectivity index (χ2n) is 9.83. The number of carbonyl (C=O) groups is 2. The van der Waals surface area contributed by atoms with Crippen LogP contribution in [-0.2, 0) is 32.6 Å². The Bertz CT molecular complexity index is 1670. The summed E-state index contributed by atoms with van der Waals surface area (Å²) in [6.45, 7) is -0.506. The molecule has 44 heavy (non-hydrogen) atoms. The van der Waals surface area contributed by atoms with Crippen LogP contribution < -0.4 is 19.1 Å². The van der Waals surface area contributed by atoms with Gasteiger partial charge in [-0.2, -0.15) is 0 Å². The summed E-state index contributed by atoms with van der Waals surface area (Å²) in [5, 5.41) is 2.68. The highest BCUT2D eigenvalue weighted by atomic mass is 79.9. The first-order valence-corrected chi connectivity index (χ1v) is 16.0. The molecule has 230 valence electrons. The van der Waals surface area contributed by atoms with Crippen molar-refractivity contribution in [3.8, 4) is 11.5 Å². The largest absolute Gasteiger partial charge is 0.493 e. The van der Waals surface area contributed by atoms with Gasteiger partial charge in [-0.15, -0.1) is 0 Å². The maximum atomic E-state index is 14.4. The summed E-state index contributed by atoms with van der Waals surface area (Å²) in [5.74, 6) is -0.238. The molecule has 4 rings (SSSR count). The van der Waals surface area contributed by atoms with Crippen LogP contribution in [0, 0.1) is 0 Å². The van der Waals surface area contributed by atoms with E-state index in [1.165, 1.54) is 44.4 Å². The van der Waals surface area contributed by atoms with Gasteiger partial charge in [0.25, 0.3) is 10.0 Å². The van der Waals surface area contributed by atoms with Crippen LogP contribution in [0.5, 0.6) is 11.5 Å². The molecule has 11 heteroatoms. The molecule has 4 aromatic rings. The predicted molar refractivity (Wildman–Crippen MR) is 173 cm³/mol. The van der Waals surface area contributed by atoms with Gasteiger partial charge >= 0.3 is 0 Å². The second kappa shape index (κ2) is 14.9. The zero-order chi connectivity index (χ0) is 31.7. The number of halogens is 1. The number of benzene rings is 4. The number of anilines is 1. The van der Waals surface area contributed by atoms with Crippen molar-refractivity contribution in [3.05, 3.63) is 119 Å². The highest BCUT2D eigenvalue weighted by molar-refractivity contribution is 9.10. The quantitative estimate of drug-likeness (QED) is 0.212. The van der Waals surface area contributed by atoms with Crippen LogP contribution >= 0.6 is 15.9 Å². The van der Waals surface area contributed by atoms with E-state index < -0.39 is 28.5 Å². The van der Waals surface area contributed by atoms with Gasteiger partial charge in [0, 0.05) is 30.6 Å². The van der Waals surface area contributed by atoms with Gasteiger partial charge in [0.15, 0.2) is 11.5 Å². The SMILES string of the molecule is CNC(=O)[C@@H](Cc1ccccc1)N(Cc1ccc(Br)cc1)C(=O)CN(c1ccc(OC)c(OC)c1)S(=O)(=O)c1ccccc1. The minimum absolute atomic E-state index is 0.00850. The number of nitrogens with zero attached hydrogens (tertiary/aromatic N) is 2. The van der Waals surface area contributed by atoms with Crippen LogP contribution in [0.1, 0.15) is 11.1 Å². The van der Waals surface area contributed by atoms with Gasteiger partial charge in [0.05, 0.1) is 24.8 Å². The Morgan fingerprint density at radius 1 is 0.818 bits per heavy atom.